The first-order valence-corrected chi connectivity index (χ1v) is 11.8. The molecule has 0 saturated carbocycles. The van der Waals surface area contributed by atoms with Crippen molar-refractivity contribution in [3.63, 3.8) is 0 Å². The van der Waals surface area contributed by atoms with Gasteiger partial charge in [0.25, 0.3) is 5.91 Å². The largest absolute Gasteiger partial charge is 0.493 e. The molecule has 1 heterocycles. The van der Waals surface area contributed by atoms with E-state index < -0.39 is 5.60 Å². The van der Waals surface area contributed by atoms with Crippen molar-refractivity contribution in [2.45, 2.75) is 52.7 Å². The van der Waals surface area contributed by atoms with Gasteiger partial charge in [-0.05, 0) is 80.6 Å². The lowest BCUT2D eigenvalue weighted by Gasteiger charge is -2.27. The number of anilines is 1. The number of hydrogen-bond donors (Lipinski definition) is 2. The van der Waals surface area contributed by atoms with Gasteiger partial charge in [-0.1, -0.05) is 24.3 Å². The summed E-state index contributed by atoms with van der Waals surface area (Å²) in [7, 11) is 3.13. The van der Waals surface area contributed by atoms with Crippen LogP contribution in [0.5, 0.6) is 17.2 Å². The topological polar surface area (TPSA) is 82.8 Å². The van der Waals surface area contributed by atoms with Crippen molar-refractivity contribution in [2.75, 3.05) is 19.5 Å². The van der Waals surface area contributed by atoms with Crippen LogP contribution in [-0.2, 0) is 6.54 Å². The minimum absolute atomic E-state index is 0.0142. The van der Waals surface area contributed by atoms with Crippen LogP contribution in [-0.4, -0.2) is 25.7 Å². The molecule has 0 saturated heterocycles. The standard InChI is InChI=1S/C29H34N2O4/c1-16-17(2)27-24(25(29(4,5)35-27)20-10-8-19(15-30)9-11-20)18(3)26(16)31-28(32)21-12-13-22(33-6)23(14-21)34-7/h8-14,25H,15,30H2,1-7H3,(H,31,32). The molecule has 6 heteroatoms. The van der Waals surface area contributed by atoms with Crippen LogP contribution in [0.25, 0.3) is 0 Å². The molecule has 1 amide bonds. The second-order valence-electron chi connectivity index (χ2n) is 9.60. The number of methoxy groups -OCH3 is 2. The van der Waals surface area contributed by atoms with Crippen molar-refractivity contribution in [3.8, 4) is 17.2 Å². The smallest absolute Gasteiger partial charge is 0.255 e. The highest BCUT2D eigenvalue weighted by molar-refractivity contribution is 6.06. The molecule has 4 rings (SSSR count). The fourth-order valence-electron chi connectivity index (χ4n) is 5.06. The van der Waals surface area contributed by atoms with Gasteiger partial charge in [-0.3, -0.25) is 4.79 Å². The quantitative estimate of drug-likeness (QED) is 0.483. The number of fused-ring (bicyclic) bond motifs is 1. The number of benzene rings is 3. The molecular weight excluding hydrogens is 440 g/mol. The number of carbonyl (C=O) groups is 1. The van der Waals surface area contributed by atoms with E-state index in [-0.39, 0.29) is 11.8 Å². The highest BCUT2D eigenvalue weighted by atomic mass is 16.5. The Kier molecular flexibility index (Phi) is 6.52. The molecule has 0 spiro atoms. The second kappa shape index (κ2) is 9.27. The van der Waals surface area contributed by atoms with E-state index in [9.17, 15) is 4.79 Å². The molecule has 0 fully saturated rings. The van der Waals surface area contributed by atoms with Crippen LogP contribution in [0.3, 0.4) is 0 Å². The molecule has 35 heavy (non-hydrogen) atoms. The number of hydrogen-bond acceptors (Lipinski definition) is 5. The average molecular weight is 475 g/mol. The number of nitrogens with two attached hydrogens (primary N) is 1. The van der Waals surface area contributed by atoms with E-state index in [1.807, 2.05) is 6.92 Å². The summed E-state index contributed by atoms with van der Waals surface area (Å²) < 4.78 is 17.2. The maximum Gasteiger partial charge on any atom is 0.255 e. The van der Waals surface area contributed by atoms with Crippen molar-refractivity contribution in [2.24, 2.45) is 5.73 Å². The average Bonchev–Trinajstić information content (AvgIpc) is 3.15. The summed E-state index contributed by atoms with van der Waals surface area (Å²) in [5.41, 5.74) is 13.1. The Morgan fingerprint density at radius 1 is 0.971 bits per heavy atom. The molecule has 3 N–H and O–H groups in total. The van der Waals surface area contributed by atoms with E-state index in [4.69, 9.17) is 19.9 Å². The Balaban J connectivity index is 1.79. The van der Waals surface area contributed by atoms with Gasteiger partial charge in [0, 0.05) is 23.4 Å². The highest BCUT2D eigenvalue weighted by Gasteiger charge is 2.45. The predicted octanol–water partition coefficient (Wildman–Crippen LogP) is 5.64. The zero-order valence-corrected chi connectivity index (χ0v) is 21.5. The Morgan fingerprint density at radius 2 is 1.63 bits per heavy atom. The van der Waals surface area contributed by atoms with Crippen LogP contribution in [0.1, 0.15) is 63.5 Å². The summed E-state index contributed by atoms with van der Waals surface area (Å²) in [6.45, 7) is 10.9. The van der Waals surface area contributed by atoms with Crippen LogP contribution >= 0.6 is 0 Å². The Labute approximate surface area is 207 Å². The predicted molar refractivity (Wildman–Crippen MR) is 139 cm³/mol. The zero-order valence-electron chi connectivity index (χ0n) is 21.5. The van der Waals surface area contributed by atoms with Gasteiger partial charge in [0.1, 0.15) is 11.4 Å². The van der Waals surface area contributed by atoms with Gasteiger partial charge in [0.05, 0.1) is 20.1 Å². The van der Waals surface area contributed by atoms with Gasteiger partial charge in [-0.25, -0.2) is 0 Å². The number of carbonyl (C=O) groups excluding carboxylic acids is 1. The normalized spacial score (nSPS) is 15.8. The Morgan fingerprint density at radius 3 is 2.23 bits per heavy atom. The molecule has 1 atom stereocenters. The molecule has 0 bridgehead atoms. The highest BCUT2D eigenvalue weighted by Crippen LogP contribution is 2.53. The van der Waals surface area contributed by atoms with Gasteiger partial charge >= 0.3 is 0 Å². The number of nitrogens with one attached hydrogen (secondary N) is 1. The maximum absolute atomic E-state index is 13.3. The molecule has 3 aromatic carbocycles. The Bertz CT molecular complexity index is 1280. The second-order valence-corrected chi connectivity index (χ2v) is 9.60. The summed E-state index contributed by atoms with van der Waals surface area (Å²) in [4.78, 5) is 13.3. The zero-order chi connectivity index (χ0) is 25.5. The van der Waals surface area contributed by atoms with Gasteiger partial charge < -0.3 is 25.3 Å². The molecule has 184 valence electrons. The van der Waals surface area contributed by atoms with Gasteiger partial charge in [0.15, 0.2) is 11.5 Å². The molecule has 0 aromatic heterocycles. The lowest BCUT2D eigenvalue weighted by atomic mass is 9.78. The lowest BCUT2D eigenvalue weighted by molar-refractivity contribution is 0.102. The first-order valence-electron chi connectivity index (χ1n) is 11.8. The van der Waals surface area contributed by atoms with E-state index in [1.165, 1.54) is 0 Å². The van der Waals surface area contributed by atoms with Crippen molar-refractivity contribution >= 4 is 11.6 Å². The van der Waals surface area contributed by atoms with Gasteiger partial charge in [-0.2, -0.15) is 0 Å². The first kappa shape index (κ1) is 24.6. The molecule has 6 nitrogen and oxygen atoms in total. The molecule has 1 unspecified atom stereocenters. The fourth-order valence-corrected chi connectivity index (χ4v) is 5.06. The van der Waals surface area contributed by atoms with E-state index in [1.54, 1.807) is 32.4 Å². The third-order valence-corrected chi connectivity index (χ3v) is 7.08. The lowest BCUT2D eigenvalue weighted by Crippen LogP contribution is -2.31. The molecule has 1 aliphatic heterocycles. The molecule has 3 aromatic rings. The summed E-state index contributed by atoms with van der Waals surface area (Å²) in [6, 6.07) is 13.5. The number of rotatable bonds is 6. The van der Waals surface area contributed by atoms with Crippen LogP contribution in [0.4, 0.5) is 5.69 Å². The summed E-state index contributed by atoms with van der Waals surface area (Å²) >= 11 is 0. The summed E-state index contributed by atoms with van der Waals surface area (Å²) in [6.07, 6.45) is 0. The minimum Gasteiger partial charge on any atom is -0.493 e. The summed E-state index contributed by atoms with van der Waals surface area (Å²) in [5.74, 6) is 1.79. The van der Waals surface area contributed by atoms with E-state index in [2.05, 4.69) is 57.3 Å². The number of ether oxygens (including phenoxy) is 3. The van der Waals surface area contributed by atoms with Crippen molar-refractivity contribution in [1.82, 2.24) is 0 Å². The molecule has 1 aliphatic rings. The van der Waals surface area contributed by atoms with Gasteiger partial charge in [0.2, 0.25) is 0 Å². The van der Waals surface area contributed by atoms with Crippen molar-refractivity contribution < 1.29 is 19.0 Å². The van der Waals surface area contributed by atoms with Gasteiger partial charge in [-0.15, -0.1) is 0 Å². The third kappa shape index (κ3) is 4.23. The number of amides is 1. The van der Waals surface area contributed by atoms with E-state index in [0.29, 0.717) is 23.6 Å². The Hall–Kier alpha value is -3.51. The first-order chi connectivity index (χ1) is 16.6. The summed E-state index contributed by atoms with van der Waals surface area (Å²) in [5, 5.41) is 3.16. The molecule has 0 radical (unpaired) electrons. The van der Waals surface area contributed by atoms with Crippen LogP contribution < -0.4 is 25.3 Å². The van der Waals surface area contributed by atoms with E-state index in [0.717, 1.165) is 44.8 Å². The van der Waals surface area contributed by atoms with Crippen molar-refractivity contribution in [1.29, 1.82) is 0 Å². The fraction of sp³-hybridized carbons (Fsp3) is 0.345. The van der Waals surface area contributed by atoms with Crippen LogP contribution in [0.15, 0.2) is 42.5 Å². The van der Waals surface area contributed by atoms with E-state index >= 15 is 0 Å². The minimum atomic E-state index is -0.444. The molecular formula is C29H34N2O4. The SMILES string of the molecule is COc1ccc(C(=O)Nc2c(C)c(C)c3c(c2C)C(c2ccc(CN)cc2)C(C)(C)O3)cc1OC. The van der Waals surface area contributed by atoms with Crippen LogP contribution in [0.2, 0.25) is 0 Å². The van der Waals surface area contributed by atoms with Crippen molar-refractivity contribution in [3.05, 3.63) is 81.4 Å². The monoisotopic (exact) mass is 474 g/mol. The molecule has 0 aliphatic carbocycles. The maximum atomic E-state index is 13.3. The third-order valence-electron chi connectivity index (χ3n) is 7.08. The van der Waals surface area contributed by atoms with Crippen LogP contribution in [0, 0.1) is 20.8 Å².